The Morgan fingerprint density at radius 2 is 1.76 bits per heavy atom. The van der Waals surface area contributed by atoms with E-state index < -0.39 is 36.0 Å². The number of benzene rings is 1. The second-order valence-electron chi connectivity index (χ2n) is 9.69. The van der Waals surface area contributed by atoms with Crippen LogP contribution in [-0.4, -0.2) is 56.4 Å². The quantitative estimate of drug-likeness (QED) is 0.252. The Kier molecular flexibility index (Phi) is 10.1. The summed E-state index contributed by atoms with van der Waals surface area (Å²) in [6.07, 6.45) is -1.77. The Balaban J connectivity index is 1.85. The van der Waals surface area contributed by atoms with Crippen molar-refractivity contribution in [2.45, 2.75) is 58.8 Å². The molecule has 41 heavy (non-hydrogen) atoms. The first-order valence-corrected chi connectivity index (χ1v) is 12.9. The summed E-state index contributed by atoms with van der Waals surface area (Å²) in [7, 11) is 0. The number of nitrogens with two attached hydrogens (primary N) is 1. The van der Waals surface area contributed by atoms with Gasteiger partial charge in [-0.2, -0.15) is 18.2 Å². The molecule has 220 valence electrons. The predicted octanol–water partition coefficient (Wildman–Crippen LogP) is 2.65. The molecule has 0 fully saturated rings. The van der Waals surface area contributed by atoms with Gasteiger partial charge in [0.25, 0.3) is 11.5 Å². The fourth-order valence-corrected chi connectivity index (χ4v) is 3.71. The van der Waals surface area contributed by atoms with E-state index in [0.717, 1.165) is 19.0 Å². The summed E-state index contributed by atoms with van der Waals surface area (Å²) in [5.74, 6) is -3.55. The van der Waals surface area contributed by atoms with Gasteiger partial charge in [0.1, 0.15) is 0 Å². The van der Waals surface area contributed by atoms with Gasteiger partial charge in [-0.15, -0.1) is 0 Å². The molecule has 15 heteroatoms. The lowest BCUT2D eigenvalue weighted by molar-refractivity contribution is -0.170. The number of carbonyl (C=O) groups is 3. The third-order valence-electron chi connectivity index (χ3n) is 5.95. The number of hydrogen-bond donors (Lipinski definition) is 4. The molecule has 3 amide bonds. The highest BCUT2D eigenvalue weighted by Gasteiger charge is 2.43. The first-order chi connectivity index (χ1) is 19.3. The zero-order valence-electron chi connectivity index (χ0n) is 22.7. The molecular weight excluding hydrogens is 545 g/mol. The van der Waals surface area contributed by atoms with Gasteiger partial charge in [0.05, 0.1) is 18.4 Å². The van der Waals surface area contributed by atoms with E-state index in [-0.39, 0.29) is 46.0 Å². The van der Waals surface area contributed by atoms with E-state index in [2.05, 4.69) is 30.6 Å². The van der Waals surface area contributed by atoms with E-state index in [1.54, 1.807) is 13.8 Å². The summed E-state index contributed by atoms with van der Waals surface area (Å²) in [4.78, 5) is 64.2. The van der Waals surface area contributed by atoms with Gasteiger partial charge >= 0.3 is 12.1 Å². The number of alkyl halides is 3. The maximum absolute atomic E-state index is 13.5. The van der Waals surface area contributed by atoms with Crippen LogP contribution >= 0.6 is 0 Å². The summed E-state index contributed by atoms with van der Waals surface area (Å²) >= 11 is 0. The smallest absolute Gasteiger partial charge is 0.350 e. The first-order valence-electron chi connectivity index (χ1n) is 12.9. The maximum atomic E-state index is 13.5. The molecule has 0 saturated heterocycles. The van der Waals surface area contributed by atoms with Crippen molar-refractivity contribution < 1.29 is 27.6 Å². The Morgan fingerprint density at radius 1 is 1.07 bits per heavy atom. The molecule has 3 aromatic rings. The van der Waals surface area contributed by atoms with Crippen LogP contribution in [0.2, 0.25) is 0 Å². The van der Waals surface area contributed by atoms with E-state index in [9.17, 15) is 32.3 Å². The average Bonchev–Trinajstić information content (AvgIpc) is 2.91. The molecular formula is C26H31F3N8O4. The third-order valence-corrected chi connectivity index (χ3v) is 5.95. The normalized spacial score (nSPS) is 12.3. The van der Waals surface area contributed by atoms with Crippen molar-refractivity contribution in [3.8, 4) is 0 Å². The van der Waals surface area contributed by atoms with Crippen LogP contribution in [0.5, 0.6) is 0 Å². The highest BCUT2D eigenvalue weighted by molar-refractivity contribution is 5.98. The van der Waals surface area contributed by atoms with Crippen molar-refractivity contribution in [1.29, 1.82) is 0 Å². The second-order valence-corrected chi connectivity index (χ2v) is 9.69. The Morgan fingerprint density at radius 3 is 2.37 bits per heavy atom. The summed E-state index contributed by atoms with van der Waals surface area (Å²) in [6.45, 7) is 4.98. The lowest BCUT2D eigenvalue weighted by Gasteiger charge is -2.24. The first kappa shape index (κ1) is 31.1. The Bertz CT molecular complexity index is 1460. The molecule has 0 saturated carbocycles. The molecule has 1 aromatic carbocycles. The van der Waals surface area contributed by atoms with Crippen molar-refractivity contribution >= 4 is 40.5 Å². The van der Waals surface area contributed by atoms with Crippen molar-refractivity contribution in [3.05, 3.63) is 52.1 Å². The van der Waals surface area contributed by atoms with Crippen LogP contribution in [0.3, 0.4) is 0 Å². The van der Waals surface area contributed by atoms with Gasteiger partial charge in [-0.3, -0.25) is 34.4 Å². The Labute approximate surface area is 233 Å². The molecule has 0 unspecified atom stereocenters. The van der Waals surface area contributed by atoms with Crippen LogP contribution in [0.4, 0.5) is 24.8 Å². The minimum absolute atomic E-state index is 0.130. The number of aromatic amines is 1. The van der Waals surface area contributed by atoms with Crippen molar-refractivity contribution in [3.63, 3.8) is 0 Å². The van der Waals surface area contributed by atoms with Gasteiger partial charge in [-0.05, 0) is 50.6 Å². The average molecular weight is 577 g/mol. The van der Waals surface area contributed by atoms with Crippen LogP contribution in [-0.2, 0) is 16.1 Å². The van der Waals surface area contributed by atoms with Crippen LogP contribution in [0.25, 0.3) is 11.2 Å². The van der Waals surface area contributed by atoms with Gasteiger partial charge in [0.2, 0.25) is 11.9 Å². The SMILES string of the molecule is CC(C)C(=O)Nc1nc2ncc(CN(C(=O)C(F)(F)F)c3ccc(C(=O)N[C@H](C)CCCCN)cc3)nc2c(=O)[nH]1. The van der Waals surface area contributed by atoms with Crippen LogP contribution in [0.1, 0.15) is 56.1 Å². The van der Waals surface area contributed by atoms with E-state index in [1.807, 2.05) is 6.92 Å². The largest absolute Gasteiger partial charge is 0.471 e. The number of hydrogen-bond acceptors (Lipinski definition) is 8. The molecule has 1 atom stereocenters. The molecule has 0 bridgehead atoms. The predicted molar refractivity (Wildman–Crippen MR) is 145 cm³/mol. The van der Waals surface area contributed by atoms with E-state index >= 15 is 0 Å². The van der Waals surface area contributed by atoms with E-state index in [4.69, 9.17) is 5.73 Å². The van der Waals surface area contributed by atoms with E-state index in [1.165, 1.54) is 24.3 Å². The lowest BCUT2D eigenvalue weighted by atomic mass is 10.1. The minimum Gasteiger partial charge on any atom is -0.350 e. The number of rotatable bonds is 11. The molecule has 12 nitrogen and oxygen atoms in total. The molecule has 0 aliphatic carbocycles. The number of amides is 3. The van der Waals surface area contributed by atoms with E-state index in [0.29, 0.717) is 17.9 Å². The molecule has 0 spiro atoms. The molecule has 0 aliphatic heterocycles. The van der Waals surface area contributed by atoms with Crippen LogP contribution in [0.15, 0.2) is 35.3 Å². The second kappa shape index (κ2) is 13.3. The summed E-state index contributed by atoms with van der Waals surface area (Å²) < 4.78 is 40.5. The topological polar surface area (TPSA) is 176 Å². The summed E-state index contributed by atoms with van der Waals surface area (Å²) in [6, 6.07) is 4.90. The summed E-state index contributed by atoms with van der Waals surface area (Å²) in [5, 5.41) is 5.24. The summed E-state index contributed by atoms with van der Waals surface area (Å²) in [5.41, 5.74) is 4.16. The van der Waals surface area contributed by atoms with Crippen molar-refractivity contribution in [1.82, 2.24) is 25.3 Å². The van der Waals surface area contributed by atoms with Crippen LogP contribution < -0.4 is 26.8 Å². The lowest BCUT2D eigenvalue weighted by Crippen LogP contribution is -2.41. The maximum Gasteiger partial charge on any atom is 0.471 e. The molecule has 0 radical (unpaired) electrons. The highest BCUT2D eigenvalue weighted by atomic mass is 19.4. The number of nitrogens with zero attached hydrogens (tertiary/aromatic N) is 4. The zero-order valence-corrected chi connectivity index (χ0v) is 22.7. The van der Waals surface area contributed by atoms with Gasteiger partial charge < -0.3 is 11.1 Å². The number of carbonyl (C=O) groups excluding carboxylic acids is 3. The zero-order chi connectivity index (χ0) is 30.3. The number of aromatic nitrogens is 4. The molecule has 3 rings (SSSR count). The van der Waals surface area contributed by atoms with Crippen molar-refractivity contribution in [2.75, 3.05) is 16.8 Å². The molecule has 2 heterocycles. The van der Waals surface area contributed by atoms with Gasteiger partial charge in [-0.1, -0.05) is 20.3 Å². The van der Waals surface area contributed by atoms with Gasteiger partial charge in [0, 0.05) is 23.2 Å². The Hall–Kier alpha value is -4.40. The third kappa shape index (κ3) is 8.30. The number of nitrogens with one attached hydrogen (secondary N) is 3. The fraction of sp³-hybridized carbons (Fsp3) is 0.423. The highest BCUT2D eigenvalue weighted by Crippen LogP contribution is 2.26. The van der Waals surface area contributed by atoms with Crippen LogP contribution in [0, 0.1) is 5.92 Å². The number of H-pyrrole nitrogens is 1. The molecule has 2 aromatic heterocycles. The fourth-order valence-electron chi connectivity index (χ4n) is 3.71. The number of halogens is 3. The number of anilines is 2. The minimum atomic E-state index is -5.22. The number of unbranched alkanes of at least 4 members (excludes halogenated alkanes) is 1. The van der Waals surface area contributed by atoms with Gasteiger partial charge in [-0.25, -0.2) is 9.97 Å². The standard InChI is InChI=1S/C26H31F3N8O4/c1-14(2)21(38)35-25-34-20-19(23(40)36-25)33-17(12-31-20)13-37(24(41)26(27,28)29)18-9-7-16(8-10-18)22(39)32-15(3)6-4-5-11-30/h7-10,12,14-15H,4-6,11,13,30H2,1-3H3,(H,32,39)(H2,31,34,35,36,38,40)/t15-/m1/s1. The molecule has 5 N–H and O–H groups in total. The van der Waals surface area contributed by atoms with Gasteiger partial charge in [0.15, 0.2) is 11.2 Å². The monoisotopic (exact) mass is 576 g/mol. The van der Waals surface area contributed by atoms with Crippen molar-refractivity contribution in [2.24, 2.45) is 11.7 Å². The molecule has 0 aliphatic rings. The number of fused-ring (bicyclic) bond motifs is 1.